The van der Waals surface area contributed by atoms with E-state index in [-0.39, 0.29) is 18.4 Å². The van der Waals surface area contributed by atoms with Gasteiger partial charge in [-0.05, 0) is 115 Å². The highest BCUT2D eigenvalue weighted by molar-refractivity contribution is 8.19. The number of nitrogens with zero attached hydrogens (tertiary/aromatic N) is 2. The fourth-order valence-corrected chi connectivity index (χ4v) is 5.40. The zero-order valence-corrected chi connectivity index (χ0v) is 25.8. The molecule has 1 fully saturated rings. The van der Waals surface area contributed by atoms with Gasteiger partial charge in [-0.15, -0.1) is 0 Å². The van der Waals surface area contributed by atoms with Crippen molar-refractivity contribution in [3.05, 3.63) is 117 Å². The van der Waals surface area contributed by atoms with Gasteiger partial charge in [-0.25, -0.2) is 4.99 Å². The van der Waals surface area contributed by atoms with Crippen LogP contribution in [0, 0.1) is 0 Å². The fourth-order valence-electron chi connectivity index (χ4n) is 4.02. The second kappa shape index (κ2) is 14.0. The summed E-state index contributed by atoms with van der Waals surface area (Å²) >= 11 is 19.3. The van der Waals surface area contributed by atoms with Crippen LogP contribution in [0.5, 0.6) is 11.5 Å². The van der Waals surface area contributed by atoms with Crippen LogP contribution in [0.15, 0.2) is 101 Å². The number of benzene rings is 4. The molecule has 1 aliphatic rings. The molecular weight excluding hydrogens is 629 g/mol. The lowest BCUT2D eigenvalue weighted by Gasteiger charge is -2.15. The van der Waals surface area contributed by atoms with Crippen molar-refractivity contribution in [3.8, 4) is 11.5 Å². The van der Waals surface area contributed by atoms with Gasteiger partial charge in [0.15, 0.2) is 23.3 Å². The molecule has 11 heteroatoms. The third-order valence-corrected chi connectivity index (χ3v) is 7.72. The minimum atomic E-state index is -0.335. The number of ether oxygens (including phenoxy) is 2. The first-order valence-electron chi connectivity index (χ1n) is 13.1. The Balaban J connectivity index is 1.38. The number of amidine groups is 1. The van der Waals surface area contributed by atoms with Crippen LogP contribution in [0.3, 0.4) is 0 Å². The van der Waals surface area contributed by atoms with Crippen LogP contribution in [0.1, 0.15) is 12.5 Å². The minimum absolute atomic E-state index is 0.224. The number of thioether (sulfide) groups is 1. The van der Waals surface area contributed by atoms with Gasteiger partial charge in [-0.2, -0.15) is 0 Å². The predicted octanol–water partition coefficient (Wildman–Crippen LogP) is 8.87. The number of amides is 2. The molecule has 0 bridgehead atoms. The van der Waals surface area contributed by atoms with E-state index in [1.54, 1.807) is 102 Å². The monoisotopic (exact) mass is 651 g/mol. The molecule has 1 saturated heterocycles. The normalized spacial score (nSPS) is 14.8. The van der Waals surface area contributed by atoms with Gasteiger partial charge in [-0.3, -0.25) is 14.5 Å². The molecule has 1 N–H and O–H groups in total. The Morgan fingerprint density at radius 3 is 2.14 bits per heavy atom. The molecule has 218 valence electrons. The third-order valence-electron chi connectivity index (χ3n) is 5.99. The number of hydrogen-bond donors (Lipinski definition) is 1. The largest absolute Gasteiger partial charge is 0.490 e. The van der Waals surface area contributed by atoms with Gasteiger partial charge in [0.05, 0.1) is 22.9 Å². The van der Waals surface area contributed by atoms with Crippen LogP contribution in [0.25, 0.3) is 6.08 Å². The van der Waals surface area contributed by atoms with E-state index < -0.39 is 0 Å². The molecule has 0 saturated carbocycles. The van der Waals surface area contributed by atoms with Gasteiger partial charge in [0, 0.05) is 20.8 Å². The van der Waals surface area contributed by atoms with Crippen molar-refractivity contribution >= 4 is 86.7 Å². The standard InChI is InChI=1S/C32H24Cl3N3O4S/c1-2-41-28-17-20(3-16-27(28)42-19-30(39)36-24-10-4-21(33)5-11-24)18-29-31(40)38(26-14-8-23(35)9-15-26)32(43-29)37-25-12-6-22(34)7-13-25/h3-18H,2,19H2,1H3,(H,36,39)/b29-18-,37-32?. The Hall–Kier alpha value is -3.95. The zero-order valence-electron chi connectivity index (χ0n) is 22.7. The van der Waals surface area contributed by atoms with Crippen LogP contribution in [0.2, 0.25) is 15.1 Å². The second-order valence-electron chi connectivity index (χ2n) is 9.08. The van der Waals surface area contributed by atoms with E-state index in [0.29, 0.717) is 65.9 Å². The SMILES string of the molecule is CCOc1cc(/C=C2\SC(=Nc3ccc(Cl)cc3)N(c3ccc(Cl)cc3)C2=O)ccc1OCC(=O)Nc1ccc(Cl)cc1. The maximum absolute atomic E-state index is 13.7. The summed E-state index contributed by atoms with van der Waals surface area (Å²) in [5.74, 6) is 0.264. The summed E-state index contributed by atoms with van der Waals surface area (Å²) < 4.78 is 11.6. The molecule has 2 amide bonds. The lowest BCUT2D eigenvalue weighted by molar-refractivity contribution is -0.118. The Kier molecular flexibility index (Phi) is 9.94. The van der Waals surface area contributed by atoms with E-state index in [0.717, 1.165) is 0 Å². The van der Waals surface area contributed by atoms with Crippen LogP contribution in [0.4, 0.5) is 17.1 Å². The fraction of sp³-hybridized carbons (Fsp3) is 0.0938. The molecule has 1 heterocycles. The van der Waals surface area contributed by atoms with Gasteiger partial charge in [0.2, 0.25) is 0 Å². The summed E-state index contributed by atoms with van der Waals surface area (Å²) in [6.45, 7) is 2.00. The molecule has 1 aliphatic heterocycles. The van der Waals surface area contributed by atoms with Crippen molar-refractivity contribution < 1.29 is 19.1 Å². The van der Waals surface area contributed by atoms with Crippen molar-refractivity contribution in [2.24, 2.45) is 4.99 Å². The Morgan fingerprint density at radius 2 is 1.49 bits per heavy atom. The number of halogens is 3. The molecule has 0 aliphatic carbocycles. The average molecular weight is 653 g/mol. The van der Waals surface area contributed by atoms with Gasteiger partial charge in [0.1, 0.15) is 0 Å². The van der Waals surface area contributed by atoms with E-state index >= 15 is 0 Å². The van der Waals surface area contributed by atoms with E-state index in [9.17, 15) is 9.59 Å². The van der Waals surface area contributed by atoms with Crippen LogP contribution >= 0.6 is 46.6 Å². The highest BCUT2D eigenvalue weighted by Crippen LogP contribution is 2.39. The molecular formula is C32H24Cl3N3O4S. The molecule has 43 heavy (non-hydrogen) atoms. The zero-order chi connectivity index (χ0) is 30.3. The van der Waals surface area contributed by atoms with Crippen molar-refractivity contribution in [3.63, 3.8) is 0 Å². The van der Waals surface area contributed by atoms with E-state index in [2.05, 4.69) is 5.32 Å². The average Bonchev–Trinajstić information content (AvgIpc) is 3.29. The summed E-state index contributed by atoms with van der Waals surface area (Å²) in [5, 5.41) is 4.97. The molecule has 4 aromatic rings. The Bertz CT molecular complexity index is 1690. The summed E-state index contributed by atoms with van der Waals surface area (Å²) in [5.41, 5.74) is 2.60. The van der Waals surface area contributed by atoms with Gasteiger partial charge < -0.3 is 14.8 Å². The number of nitrogens with one attached hydrogen (secondary N) is 1. The molecule has 0 aromatic heterocycles. The van der Waals surface area contributed by atoms with E-state index in [1.165, 1.54) is 11.8 Å². The molecule has 0 spiro atoms. The predicted molar refractivity (Wildman–Crippen MR) is 176 cm³/mol. The lowest BCUT2D eigenvalue weighted by atomic mass is 10.1. The first kappa shape index (κ1) is 30.5. The van der Waals surface area contributed by atoms with Crippen molar-refractivity contribution in [2.75, 3.05) is 23.4 Å². The molecule has 0 atom stereocenters. The molecule has 0 radical (unpaired) electrons. The summed E-state index contributed by atoms with van der Waals surface area (Å²) in [4.78, 5) is 32.8. The van der Waals surface area contributed by atoms with Gasteiger partial charge in [-0.1, -0.05) is 40.9 Å². The van der Waals surface area contributed by atoms with Crippen molar-refractivity contribution in [1.82, 2.24) is 0 Å². The highest BCUT2D eigenvalue weighted by atomic mass is 35.5. The summed E-state index contributed by atoms with van der Waals surface area (Å²) in [7, 11) is 0. The Labute approximate surface area is 268 Å². The molecule has 4 aromatic carbocycles. The van der Waals surface area contributed by atoms with Gasteiger partial charge in [0.25, 0.3) is 11.8 Å². The molecule has 7 nitrogen and oxygen atoms in total. The number of carbonyl (C=O) groups is 2. The van der Waals surface area contributed by atoms with Gasteiger partial charge >= 0.3 is 0 Å². The maximum atomic E-state index is 13.7. The van der Waals surface area contributed by atoms with Crippen molar-refractivity contribution in [1.29, 1.82) is 0 Å². The highest BCUT2D eigenvalue weighted by Gasteiger charge is 2.35. The number of carbonyl (C=O) groups excluding carboxylic acids is 2. The third kappa shape index (κ3) is 7.91. The van der Waals surface area contributed by atoms with Crippen LogP contribution in [-0.4, -0.2) is 30.2 Å². The van der Waals surface area contributed by atoms with Crippen molar-refractivity contribution in [2.45, 2.75) is 6.92 Å². The van der Waals surface area contributed by atoms with Crippen LogP contribution in [-0.2, 0) is 9.59 Å². The van der Waals surface area contributed by atoms with Crippen LogP contribution < -0.4 is 19.7 Å². The molecule has 0 unspecified atom stereocenters. The lowest BCUT2D eigenvalue weighted by Crippen LogP contribution is -2.28. The minimum Gasteiger partial charge on any atom is -0.490 e. The molecule has 5 rings (SSSR count). The Morgan fingerprint density at radius 1 is 0.860 bits per heavy atom. The number of anilines is 2. The number of hydrogen-bond acceptors (Lipinski definition) is 6. The van der Waals surface area contributed by atoms with E-state index in [1.807, 2.05) is 6.92 Å². The smallest absolute Gasteiger partial charge is 0.271 e. The summed E-state index contributed by atoms with van der Waals surface area (Å²) in [6, 6.07) is 26.1. The summed E-state index contributed by atoms with van der Waals surface area (Å²) in [6.07, 6.45) is 1.76. The first-order valence-corrected chi connectivity index (χ1v) is 15.0. The first-order chi connectivity index (χ1) is 20.8. The van der Waals surface area contributed by atoms with E-state index in [4.69, 9.17) is 49.3 Å². The topological polar surface area (TPSA) is 80.2 Å². The number of aliphatic imine (C=N–C) groups is 1. The second-order valence-corrected chi connectivity index (χ2v) is 11.4. The number of rotatable bonds is 9. The quantitative estimate of drug-likeness (QED) is 0.183. The maximum Gasteiger partial charge on any atom is 0.271 e.